The van der Waals surface area contributed by atoms with E-state index in [1.54, 1.807) is 12.1 Å². The van der Waals surface area contributed by atoms with E-state index in [4.69, 9.17) is 0 Å². The minimum absolute atomic E-state index is 0.257. The van der Waals surface area contributed by atoms with E-state index < -0.39 is 0 Å². The van der Waals surface area contributed by atoms with E-state index in [0.717, 1.165) is 53.7 Å². The topological polar surface area (TPSA) is 125 Å². The predicted molar refractivity (Wildman–Crippen MR) is 152 cm³/mol. The highest BCUT2D eigenvalue weighted by Gasteiger charge is 2.40. The van der Waals surface area contributed by atoms with E-state index in [1.807, 2.05) is 0 Å². The van der Waals surface area contributed by atoms with Gasteiger partial charge in [0.15, 0.2) is 0 Å². The summed E-state index contributed by atoms with van der Waals surface area (Å²) in [5.74, 6) is -1.19. The van der Waals surface area contributed by atoms with Gasteiger partial charge in [0.05, 0.1) is 34.2 Å². The number of nitrogens with zero attached hydrogens (tertiary/aromatic N) is 6. The first kappa shape index (κ1) is 24.6. The molecule has 0 fully saturated rings. The average molecular weight is 595 g/mol. The third-order valence-electron chi connectivity index (χ3n) is 7.07. The highest BCUT2D eigenvalue weighted by Crippen LogP contribution is 2.55. The zero-order valence-corrected chi connectivity index (χ0v) is 23.9. The standard InChI is InChI=1S/C25H18N6O4S4/c1-3-4-5-6-7-31-23(33)11-9-13(37-21(11)25(31)35)15-18-16(26-38-28-18)14(17-19(15)29-39-27-17)12-8-10-20(36-12)24(34)30(2)22(10)32/h8-9H,3-7H2,1-2H3. The third-order valence-corrected chi connectivity index (χ3v) is 10.4. The Hall–Kier alpha value is -3.46. The van der Waals surface area contributed by atoms with E-state index in [2.05, 4.69) is 24.4 Å². The summed E-state index contributed by atoms with van der Waals surface area (Å²) in [5.41, 5.74) is 4.43. The second-order valence-corrected chi connectivity index (χ2v) is 12.5. The summed E-state index contributed by atoms with van der Waals surface area (Å²) < 4.78 is 18.2. The Kier molecular flexibility index (Phi) is 5.70. The highest BCUT2D eigenvalue weighted by molar-refractivity contribution is 7.58. The summed E-state index contributed by atoms with van der Waals surface area (Å²) >= 11 is 4.56. The van der Waals surface area contributed by atoms with Crippen molar-refractivity contribution in [2.24, 2.45) is 8.73 Å². The van der Waals surface area contributed by atoms with Crippen molar-refractivity contribution >= 4 is 91.8 Å². The van der Waals surface area contributed by atoms with Crippen molar-refractivity contribution in [2.45, 2.75) is 32.6 Å². The fourth-order valence-electron chi connectivity index (χ4n) is 5.07. The maximum absolute atomic E-state index is 13.1. The maximum Gasteiger partial charge on any atom is 0.271 e. The number of hydrogen-bond donors (Lipinski definition) is 0. The number of fused-ring (bicyclic) bond motifs is 4. The average Bonchev–Trinajstić information content (AvgIpc) is 3.77. The van der Waals surface area contributed by atoms with Crippen molar-refractivity contribution in [1.82, 2.24) is 18.5 Å². The molecule has 6 heterocycles. The maximum atomic E-state index is 13.1. The number of carbonyl (C=O) groups excluding carboxylic acids is 4. The minimum atomic E-state index is -0.337. The van der Waals surface area contributed by atoms with Crippen LogP contribution in [-0.4, -0.2) is 55.8 Å². The molecule has 0 spiro atoms. The highest BCUT2D eigenvalue weighted by atomic mass is 32.1. The van der Waals surface area contributed by atoms with Gasteiger partial charge in [-0.3, -0.25) is 29.0 Å². The van der Waals surface area contributed by atoms with Crippen LogP contribution < -0.4 is 0 Å². The van der Waals surface area contributed by atoms with Crippen LogP contribution in [-0.2, 0) is 11.4 Å². The number of unbranched alkanes of at least 4 members (excludes halogenated alkanes) is 3. The van der Waals surface area contributed by atoms with E-state index in [1.165, 1.54) is 34.6 Å². The molecule has 0 atom stereocenters. The van der Waals surface area contributed by atoms with Crippen molar-refractivity contribution in [1.29, 1.82) is 0 Å². The zero-order valence-electron chi connectivity index (χ0n) is 20.6. The Labute approximate surface area is 237 Å². The SMILES string of the molecule is CCCCCCN1C(=O)c2cc(-c3c4c(c(-c5cc6c(s5)C(=O)N(C)C6=O)c5nsnc35)N=S=N4)sc2C1=O. The molecule has 10 nitrogen and oxygen atoms in total. The van der Waals surface area contributed by atoms with Gasteiger partial charge < -0.3 is 0 Å². The molecule has 1 aromatic carbocycles. The zero-order chi connectivity index (χ0) is 27.0. The van der Waals surface area contributed by atoms with Crippen molar-refractivity contribution in [3.05, 3.63) is 33.0 Å². The van der Waals surface area contributed by atoms with Gasteiger partial charge in [-0.15, -0.1) is 22.7 Å². The van der Waals surface area contributed by atoms with Crippen LogP contribution in [0, 0.1) is 0 Å². The number of imide groups is 2. The monoisotopic (exact) mass is 594 g/mol. The van der Waals surface area contributed by atoms with E-state index >= 15 is 0 Å². The number of hydrogen-bond acceptors (Lipinski definition) is 11. The molecule has 0 radical (unpaired) electrons. The molecular formula is C25H18N6O4S4. The summed E-state index contributed by atoms with van der Waals surface area (Å²) in [5, 5.41) is 0. The third kappa shape index (κ3) is 3.48. The fraction of sp³-hybridized carbons (Fsp3) is 0.280. The van der Waals surface area contributed by atoms with Crippen LogP contribution in [0.1, 0.15) is 72.7 Å². The number of thiophene rings is 2. The summed E-state index contributed by atoms with van der Waals surface area (Å²) in [6.45, 7) is 2.55. The smallest absolute Gasteiger partial charge is 0.271 e. The summed E-state index contributed by atoms with van der Waals surface area (Å²) in [7, 11) is 1.47. The van der Waals surface area contributed by atoms with Crippen molar-refractivity contribution in [2.75, 3.05) is 13.6 Å². The molecule has 0 bridgehead atoms. The number of rotatable bonds is 7. The molecule has 0 aliphatic carbocycles. The summed E-state index contributed by atoms with van der Waals surface area (Å²) in [4.78, 5) is 56.0. The van der Waals surface area contributed by atoms with Crippen molar-refractivity contribution in [3.63, 3.8) is 0 Å². The molecule has 0 unspecified atom stereocenters. The fourth-order valence-corrected chi connectivity index (χ4v) is 8.51. The van der Waals surface area contributed by atoms with Gasteiger partial charge in [0.2, 0.25) is 0 Å². The lowest BCUT2D eigenvalue weighted by Crippen LogP contribution is -2.30. The van der Waals surface area contributed by atoms with Crippen LogP contribution in [0.2, 0.25) is 0 Å². The van der Waals surface area contributed by atoms with Gasteiger partial charge in [0, 0.05) is 34.5 Å². The molecule has 4 aromatic rings. The lowest BCUT2D eigenvalue weighted by atomic mass is 10.00. The number of benzene rings is 1. The Morgan fingerprint density at radius 3 is 1.90 bits per heavy atom. The quantitative estimate of drug-likeness (QED) is 0.161. The molecule has 14 heteroatoms. The largest absolute Gasteiger partial charge is 0.277 e. The van der Waals surface area contributed by atoms with Crippen molar-refractivity contribution in [3.8, 4) is 20.9 Å². The van der Waals surface area contributed by atoms with E-state index in [9.17, 15) is 19.2 Å². The first-order valence-electron chi connectivity index (χ1n) is 12.3. The molecule has 39 heavy (non-hydrogen) atoms. The second-order valence-electron chi connectivity index (χ2n) is 9.37. The summed E-state index contributed by atoms with van der Waals surface area (Å²) in [6, 6.07) is 3.47. The van der Waals surface area contributed by atoms with Gasteiger partial charge in [-0.2, -0.15) is 17.5 Å². The van der Waals surface area contributed by atoms with Crippen LogP contribution in [0.3, 0.4) is 0 Å². The minimum Gasteiger partial charge on any atom is -0.277 e. The van der Waals surface area contributed by atoms with Crippen molar-refractivity contribution < 1.29 is 19.2 Å². The van der Waals surface area contributed by atoms with Crippen LogP contribution in [0.25, 0.3) is 31.9 Å². The normalized spacial score (nSPS) is 15.6. The van der Waals surface area contributed by atoms with Gasteiger partial charge in [0.25, 0.3) is 23.6 Å². The molecule has 0 N–H and O–H groups in total. The van der Waals surface area contributed by atoms with E-state index in [-0.39, 0.29) is 23.6 Å². The number of carbonyl (C=O) groups is 4. The van der Waals surface area contributed by atoms with Gasteiger partial charge in [-0.05, 0) is 18.6 Å². The molecule has 196 valence electrons. The van der Waals surface area contributed by atoms with Gasteiger partial charge in [0.1, 0.15) is 32.2 Å². The lowest BCUT2D eigenvalue weighted by molar-refractivity contribution is 0.0647. The first-order chi connectivity index (χ1) is 18.9. The summed E-state index contributed by atoms with van der Waals surface area (Å²) in [6.07, 6.45) is 3.93. The van der Waals surface area contributed by atoms with Crippen LogP contribution in [0.4, 0.5) is 11.4 Å². The molecule has 0 saturated heterocycles. The molecule has 4 amide bonds. The molecule has 3 aliphatic rings. The second kappa shape index (κ2) is 9.05. The predicted octanol–water partition coefficient (Wildman–Crippen LogP) is 6.28. The molecule has 3 aliphatic heterocycles. The van der Waals surface area contributed by atoms with Gasteiger partial charge in [-0.1, -0.05) is 26.2 Å². The first-order valence-corrected chi connectivity index (χ1v) is 15.4. The van der Waals surface area contributed by atoms with Crippen LogP contribution >= 0.6 is 34.4 Å². The lowest BCUT2D eigenvalue weighted by Gasteiger charge is -2.14. The number of aromatic nitrogens is 2. The van der Waals surface area contributed by atoms with Gasteiger partial charge >= 0.3 is 0 Å². The Morgan fingerprint density at radius 2 is 1.33 bits per heavy atom. The number of amides is 4. The van der Waals surface area contributed by atoms with Gasteiger partial charge in [-0.25, -0.2) is 0 Å². The Balaban J connectivity index is 1.32. The van der Waals surface area contributed by atoms with Crippen LogP contribution in [0.5, 0.6) is 0 Å². The molecule has 0 saturated carbocycles. The molecular weight excluding hydrogens is 577 g/mol. The van der Waals surface area contributed by atoms with E-state index in [0.29, 0.717) is 70.7 Å². The molecule has 7 rings (SSSR count). The van der Waals surface area contributed by atoms with Crippen LogP contribution in [0.15, 0.2) is 20.9 Å². The Morgan fingerprint density at radius 1 is 0.744 bits per heavy atom. The Bertz CT molecular complexity index is 1790. The molecule has 3 aromatic heterocycles.